The predicted octanol–water partition coefficient (Wildman–Crippen LogP) is 3.68. The van der Waals surface area contributed by atoms with Gasteiger partial charge in [-0.15, -0.1) is 11.3 Å². The van der Waals surface area contributed by atoms with Crippen LogP contribution in [0.25, 0.3) is 22.2 Å². The summed E-state index contributed by atoms with van der Waals surface area (Å²) in [6, 6.07) is 13.3. The van der Waals surface area contributed by atoms with Crippen LogP contribution in [0.2, 0.25) is 0 Å². The molecular weight excluding hydrogens is 360 g/mol. The van der Waals surface area contributed by atoms with E-state index >= 15 is 0 Å². The van der Waals surface area contributed by atoms with Crippen LogP contribution in [0.5, 0.6) is 0 Å². The van der Waals surface area contributed by atoms with Crippen LogP contribution in [0.15, 0.2) is 47.0 Å². The zero-order chi connectivity index (χ0) is 18.5. The minimum Gasteiger partial charge on any atom is -0.350 e. The molecule has 0 aliphatic carbocycles. The molecule has 0 spiro atoms. The van der Waals surface area contributed by atoms with Crippen molar-refractivity contribution < 1.29 is 9.32 Å². The van der Waals surface area contributed by atoms with E-state index in [0.717, 1.165) is 30.1 Å². The Morgan fingerprint density at radius 1 is 1.11 bits per heavy atom. The number of aromatic nitrogens is 2. The van der Waals surface area contributed by atoms with Gasteiger partial charge >= 0.3 is 0 Å². The molecule has 6 nitrogen and oxygen atoms in total. The van der Waals surface area contributed by atoms with Crippen molar-refractivity contribution in [2.24, 2.45) is 0 Å². The van der Waals surface area contributed by atoms with E-state index < -0.39 is 0 Å². The summed E-state index contributed by atoms with van der Waals surface area (Å²) in [6.45, 7) is 3.86. The van der Waals surface area contributed by atoms with Crippen LogP contribution in [0.1, 0.15) is 28.9 Å². The molecule has 0 atom stereocenters. The summed E-state index contributed by atoms with van der Waals surface area (Å²) in [5, 5.41) is 7.05. The minimum absolute atomic E-state index is 0.0463. The molecule has 1 fully saturated rings. The Morgan fingerprint density at radius 3 is 2.74 bits per heavy atom. The number of carbonyl (C=O) groups is 1. The van der Waals surface area contributed by atoms with Gasteiger partial charge in [0.25, 0.3) is 11.8 Å². The third kappa shape index (κ3) is 4.43. The second-order valence-electron chi connectivity index (χ2n) is 6.61. The molecule has 1 N–H and O–H groups in total. The van der Waals surface area contributed by atoms with E-state index in [1.165, 1.54) is 30.6 Å². The van der Waals surface area contributed by atoms with E-state index in [4.69, 9.17) is 4.52 Å². The van der Waals surface area contributed by atoms with Gasteiger partial charge in [0.05, 0.1) is 9.75 Å². The summed E-state index contributed by atoms with van der Waals surface area (Å²) in [5.74, 6) is 0.938. The van der Waals surface area contributed by atoms with Crippen LogP contribution in [-0.4, -0.2) is 47.1 Å². The van der Waals surface area contributed by atoms with Crippen LogP contribution in [0, 0.1) is 0 Å². The van der Waals surface area contributed by atoms with E-state index in [1.54, 1.807) is 0 Å². The molecule has 0 unspecified atom stereocenters. The van der Waals surface area contributed by atoms with Gasteiger partial charge in [0, 0.05) is 18.7 Å². The minimum atomic E-state index is -0.0463. The van der Waals surface area contributed by atoms with Gasteiger partial charge in [-0.25, -0.2) is 0 Å². The van der Waals surface area contributed by atoms with Crippen molar-refractivity contribution in [3.8, 4) is 22.2 Å². The Kier molecular flexibility index (Phi) is 5.60. The Hall–Kier alpha value is -2.51. The Bertz CT molecular complexity index is 884. The molecule has 1 aliphatic rings. The number of nitrogens with one attached hydrogen (secondary N) is 1. The molecular formula is C20H22N4O2S. The normalized spacial score (nSPS) is 15.0. The quantitative estimate of drug-likeness (QED) is 0.704. The molecule has 3 heterocycles. The van der Waals surface area contributed by atoms with Gasteiger partial charge in [-0.3, -0.25) is 4.79 Å². The first-order valence-electron chi connectivity index (χ1n) is 9.29. The first-order valence-corrected chi connectivity index (χ1v) is 10.1. The predicted molar refractivity (Wildman–Crippen MR) is 106 cm³/mol. The fraction of sp³-hybridized carbons (Fsp3) is 0.350. The second-order valence-corrected chi connectivity index (χ2v) is 7.70. The highest BCUT2D eigenvalue weighted by molar-refractivity contribution is 7.17. The van der Waals surface area contributed by atoms with E-state index in [1.807, 2.05) is 42.5 Å². The number of amides is 1. The molecule has 7 heteroatoms. The highest BCUT2D eigenvalue weighted by Crippen LogP contribution is 2.28. The number of benzene rings is 1. The molecule has 0 bridgehead atoms. The summed E-state index contributed by atoms with van der Waals surface area (Å²) in [4.78, 5) is 20.7. The van der Waals surface area contributed by atoms with Crippen molar-refractivity contribution in [1.82, 2.24) is 20.4 Å². The molecule has 1 aliphatic heterocycles. The summed E-state index contributed by atoms with van der Waals surface area (Å²) < 4.78 is 5.35. The Balaban J connectivity index is 1.35. The fourth-order valence-corrected chi connectivity index (χ4v) is 4.05. The highest BCUT2D eigenvalue weighted by atomic mass is 32.1. The number of carbonyl (C=O) groups excluding carboxylic acids is 1. The van der Waals surface area contributed by atoms with Crippen LogP contribution >= 0.6 is 11.3 Å². The number of likely N-dealkylation sites (tertiary alicyclic amines) is 1. The van der Waals surface area contributed by atoms with Crippen molar-refractivity contribution in [2.45, 2.75) is 19.3 Å². The lowest BCUT2D eigenvalue weighted by atomic mass is 10.1. The van der Waals surface area contributed by atoms with Crippen molar-refractivity contribution in [3.05, 3.63) is 47.3 Å². The van der Waals surface area contributed by atoms with Gasteiger partial charge in [-0.1, -0.05) is 29.8 Å². The maximum absolute atomic E-state index is 12.4. The maximum atomic E-state index is 12.4. The second kappa shape index (κ2) is 8.45. The maximum Gasteiger partial charge on any atom is 0.261 e. The fourth-order valence-electron chi connectivity index (χ4n) is 3.20. The lowest BCUT2D eigenvalue weighted by Crippen LogP contribution is -2.37. The zero-order valence-electron chi connectivity index (χ0n) is 15.1. The molecule has 0 saturated carbocycles. The van der Waals surface area contributed by atoms with Crippen LogP contribution in [-0.2, 0) is 0 Å². The smallest absolute Gasteiger partial charge is 0.261 e. The van der Waals surface area contributed by atoms with Crippen molar-refractivity contribution in [1.29, 1.82) is 0 Å². The van der Waals surface area contributed by atoms with E-state index in [9.17, 15) is 4.79 Å². The summed E-state index contributed by atoms with van der Waals surface area (Å²) in [7, 11) is 0. The third-order valence-corrected chi connectivity index (χ3v) is 5.74. The molecule has 3 aromatic rings. The number of hydrogen-bond donors (Lipinski definition) is 1. The average Bonchev–Trinajstić information content (AvgIpc) is 3.39. The molecule has 27 heavy (non-hydrogen) atoms. The van der Waals surface area contributed by atoms with Gasteiger partial charge < -0.3 is 14.7 Å². The van der Waals surface area contributed by atoms with Crippen molar-refractivity contribution in [2.75, 3.05) is 26.2 Å². The number of thiophene rings is 1. The van der Waals surface area contributed by atoms with Gasteiger partial charge in [0.1, 0.15) is 0 Å². The average molecular weight is 382 g/mol. The lowest BCUT2D eigenvalue weighted by molar-refractivity contribution is 0.0950. The van der Waals surface area contributed by atoms with Crippen molar-refractivity contribution in [3.63, 3.8) is 0 Å². The van der Waals surface area contributed by atoms with Crippen LogP contribution < -0.4 is 5.32 Å². The zero-order valence-corrected chi connectivity index (χ0v) is 15.9. The topological polar surface area (TPSA) is 71.3 Å². The van der Waals surface area contributed by atoms with Crippen LogP contribution in [0.4, 0.5) is 0 Å². The molecule has 1 saturated heterocycles. The van der Waals surface area contributed by atoms with Gasteiger partial charge in [-0.05, 0) is 50.2 Å². The van der Waals surface area contributed by atoms with Crippen molar-refractivity contribution >= 4 is 17.2 Å². The molecule has 4 rings (SSSR count). The van der Waals surface area contributed by atoms with Gasteiger partial charge in [0.15, 0.2) is 0 Å². The number of hydrogen-bond acceptors (Lipinski definition) is 6. The van der Waals surface area contributed by atoms with Gasteiger partial charge in [-0.2, -0.15) is 4.98 Å². The highest BCUT2D eigenvalue weighted by Gasteiger charge is 2.16. The first-order chi connectivity index (χ1) is 13.3. The number of rotatable bonds is 6. The third-order valence-electron chi connectivity index (χ3n) is 4.66. The number of piperidine rings is 1. The number of nitrogens with zero attached hydrogens (tertiary/aromatic N) is 3. The Morgan fingerprint density at radius 2 is 1.93 bits per heavy atom. The first kappa shape index (κ1) is 17.9. The van der Waals surface area contributed by atoms with Gasteiger partial charge in [0.2, 0.25) is 5.82 Å². The van der Waals surface area contributed by atoms with E-state index in [-0.39, 0.29) is 5.91 Å². The monoisotopic (exact) mass is 382 g/mol. The Labute approximate surface area is 162 Å². The van der Waals surface area contributed by atoms with E-state index in [0.29, 0.717) is 23.1 Å². The molecule has 1 amide bonds. The SMILES string of the molecule is O=C(NCCN1CCCCC1)c1ccc(-c2noc(-c3ccccc3)n2)s1. The standard InChI is InChI=1S/C20H22N4O2S/c25-19(21-11-14-24-12-5-2-6-13-24)17-10-9-16(27-17)18-22-20(26-23-18)15-7-3-1-4-8-15/h1,3-4,7-10H,2,5-6,11-14H2,(H,21,25). The summed E-state index contributed by atoms with van der Waals surface area (Å²) in [5.41, 5.74) is 0.878. The molecule has 2 aromatic heterocycles. The molecule has 140 valence electrons. The summed E-state index contributed by atoms with van der Waals surface area (Å²) >= 11 is 1.38. The van der Waals surface area contributed by atoms with E-state index in [2.05, 4.69) is 20.4 Å². The van der Waals surface area contributed by atoms with Crippen LogP contribution in [0.3, 0.4) is 0 Å². The molecule has 1 aromatic carbocycles. The molecule has 0 radical (unpaired) electrons. The largest absolute Gasteiger partial charge is 0.350 e. The summed E-state index contributed by atoms with van der Waals surface area (Å²) in [6.07, 6.45) is 3.85. The lowest BCUT2D eigenvalue weighted by Gasteiger charge is -2.26.